The summed E-state index contributed by atoms with van der Waals surface area (Å²) in [4.78, 5) is 0. The van der Waals surface area contributed by atoms with Gasteiger partial charge in [0, 0.05) is 24.4 Å². The van der Waals surface area contributed by atoms with Crippen LogP contribution in [-0.4, -0.2) is 38.4 Å². The molecule has 4 nitrogen and oxygen atoms in total. The molecule has 0 aliphatic carbocycles. The molecule has 1 N–H and O–H groups in total. The normalized spacial score (nSPS) is 23.9. The van der Waals surface area contributed by atoms with Crippen molar-refractivity contribution in [2.24, 2.45) is 0 Å². The fourth-order valence-electron chi connectivity index (χ4n) is 1.96. The molecule has 2 unspecified atom stereocenters. The summed E-state index contributed by atoms with van der Waals surface area (Å²) < 4.78 is 2.02. The van der Waals surface area contributed by atoms with Gasteiger partial charge in [0.05, 0.1) is 0 Å². The van der Waals surface area contributed by atoms with Crippen molar-refractivity contribution in [3.63, 3.8) is 0 Å². The average Bonchev–Trinajstić information content (AvgIpc) is 2.71. The monoisotopic (exact) mass is 226 g/mol. The molecule has 1 aromatic rings. The predicted octanol–water partition coefficient (Wildman–Crippen LogP) is 1.15. The molecular weight excluding hydrogens is 208 g/mol. The predicted molar refractivity (Wildman–Crippen MR) is 63.0 cm³/mol. The Morgan fingerprint density at radius 2 is 2.33 bits per heavy atom. The van der Waals surface area contributed by atoms with Gasteiger partial charge in [-0.05, 0) is 25.5 Å². The Kier molecular flexibility index (Phi) is 4.02. The van der Waals surface area contributed by atoms with Gasteiger partial charge in [-0.1, -0.05) is 0 Å². The van der Waals surface area contributed by atoms with Crippen LogP contribution in [0.5, 0.6) is 0 Å². The SMILES string of the molecule is CC(Cn1cnnc1)NC1CCCSC1. The van der Waals surface area contributed by atoms with Crippen LogP contribution in [0.15, 0.2) is 12.7 Å². The molecular formula is C10H18N4S. The lowest BCUT2D eigenvalue weighted by Crippen LogP contribution is -2.41. The van der Waals surface area contributed by atoms with Crippen molar-refractivity contribution in [1.82, 2.24) is 20.1 Å². The molecule has 0 spiro atoms. The molecule has 1 fully saturated rings. The molecule has 0 radical (unpaired) electrons. The summed E-state index contributed by atoms with van der Waals surface area (Å²) in [5.74, 6) is 2.59. The van der Waals surface area contributed by atoms with E-state index in [4.69, 9.17) is 0 Å². The summed E-state index contributed by atoms with van der Waals surface area (Å²) in [6.07, 6.45) is 6.21. The van der Waals surface area contributed by atoms with Crippen LogP contribution in [0, 0.1) is 0 Å². The Morgan fingerprint density at radius 1 is 1.53 bits per heavy atom. The first-order valence-corrected chi connectivity index (χ1v) is 6.66. The van der Waals surface area contributed by atoms with E-state index in [9.17, 15) is 0 Å². The highest BCUT2D eigenvalue weighted by atomic mass is 32.2. The third-order valence-electron chi connectivity index (χ3n) is 2.63. The topological polar surface area (TPSA) is 42.7 Å². The number of aromatic nitrogens is 3. The molecule has 2 rings (SSSR count). The van der Waals surface area contributed by atoms with Crippen LogP contribution in [0.3, 0.4) is 0 Å². The van der Waals surface area contributed by atoms with Crippen molar-refractivity contribution in [2.45, 2.75) is 38.4 Å². The zero-order chi connectivity index (χ0) is 10.5. The number of nitrogens with zero attached hydrogens (tertiary/aromatic N) is 3. The van der Waals surface area contributed by atoms with E-state index in [-0.39, 0.29) is 0 Å². The number of thioether (sulfide) groups is 1. The van der Waals surface area contributed by atoms with Crippen molar-refractivity contribution in [3.8, 4) is 0 Å². The molecule has 1 aliphatic rings. The molecule has 0 aromatic carbocycles. The molecule has 1 aromatic heterocycles. The largest absolute Gasteiger partial charge is 0.319 e. The minimum Gasteiger partial charge on any atom is -0.319 e. The first kappa shape index (κ1) is 11.0. The molecule has 84 valence electrons. The van der Waals surface area contributed by atoms with E-state index in [1.54, 1.807) is 12.7 Å². The average molecular weight is 226 g/mol. The Bertz CT molecular complexity index is 269. The van der Waals surface area contributed by atoms with Crippen molar-refractivity contribution >= 4 is 11.8 Å². The van der Waals surface area contributed by atoms with Gasteiger partial charge in [0.2, 0.25) is 0 Å². The maximum Gasteiger partial charge on any atom is 0.119 e. The zero-order valence-electron chi connectivity index (χ0n) is 9.09. The number of nitrogens with one attached hydrogen (secondary N) is 1. The smallest absolute Gasteiger partial charge is 0.119 e. The molecule has 15 heavy (non-hydrogen) atoms. The van der Waals surface area contributed by atoms with Gasteiger partial charge in [0.1, 0.15) is 12.7 Å². The van der Waals surface area contributed by atoms with E-state index >= 15 is 0 Å². The Balaban J connectivity index is 1.74. The fraction of sp³-hybridized carbons (Fsp3) is 0.800. The van der Waals surface area contributed by atoms with Gasteiger partial charge in [-0.25, -0.2) is 0 Å². The van der Waals surface area contributed by atoms with E-state index in [1.807, 2.05) is 4.57 Å². The van der Waals surface area contributed by atoms with E-state index in [0.29, 0.717) is 12.1 Å². The molecule has 1 aliphatic heterocycles. The highest BCUT2D eigenvalue weighted by molar-refractivity contribution is 7.99. The molecule has 0 saturated carbocycles. The lowest BCUT2D eigenvalue weighted by Gasteiger charge is -2.26. The molecule has 5 heteroatoms. The van der Waals surface area contributed by atoms with Crippen LogP contribution in [-0.2, 0) is 6.54 Å². The Morgan fingerprint density at radius 3 is 3.00 bits per heavy atom. The van der Waals surface area contributed by atoms with Crippen LogP contribution < -0.4 is 5.32 Å². The summed E-state index contributed by atoms with van der Waals surface area (Å²) in [6, 6.07) is 1.18. The van der Waals surface area contributed by atoms with Gasteiger partial charge in [-0.3, -0.25) is 0 Å². The number of rotatable bonds is 4. The molecule has 2 atom stereocenters. The third-order valence-corrected chi connectivity index (χ3v) is 3.85. The van der Waals surface area contributed by atoms with Crippen molar-refractivity contribution < 1.29 is 0 Å². The van der Waals surface area contributed by atoms with Crippen LogP contribution in [0.4, 0.5) is 0 Å². The van der Waals surface area contributed by atoms with E-state index < -0.39 is 0 Å². The standard InChI is InChI=1S/C10H18N4S/c1-9(5-14-7-11-12-8-14)13-10-3-2-4-15-6-10/h7-10,13H,2-6H2,1H3. The number of hydrogen-bond acceptors (Lipinski definition) is 4. The van der Waals surface area contributed by atoms with Crippen LogP contribution in [0.1, 0.15) is 19.8 Å². The highest BCUT2D eigenvalue weighted by Crippen LogP contribution is 2.17. The summed E-state index contributed by atoms with van der Waals surface area (Å²) in [5.41, 5.74) is 0. The number of hydrogen-bond donors (Lipinski definition) is 1. The molecule has 0 bridgehead atoms. The van der Waals surface area contributed by atoms with Gasteiger partial charge in [0.25, 0.3) is 0 Å². The van der Waals surface area contributed by atoms with E-state index in [0.717, 1.165) is 6.54 Å². The quantitative estimate of drug-likeness (QED) is 0.836. The van der Waals surface area contributed by atoms with E-state index in [1.165, 1.54) is 24.3 Å². The summed E-state index contributed by atoms with van der Waals surface area (Å²) in [5, 5.41) is 11.3. The molecule has 2 heterocycles. The second-order valence-electron chi connectivity index (χ2n) is 4.14. The third kappa shape index (κ3) is 3.50. The maximum atomic E-state index is 3.80. The maximum absolute atomic E-state index is 3.80. The first-order valence-electron chi connectivity index (χ1n) is 5.51. The van der Waals surface area contributed by atoms with Crippen molar-refractivity contribution in [2.75, 3.05) is 11.5 Å². The summed E-state index contributed by atoms with van der Waals surface area (Å²) in [6.45, 7) is 3.17. The Labute approximate surface area is 94.8 Å². The zero-order valence-corrected chi connectivity index (χ0v) is 9.91. The summed E-state index contributed by atoms with van der Waals surface area (Å²) >= 11 is 2.06. The Hall–Kier alpha value is -0.550. The van der Waals surface area contributed by atoms with Gasteiger partial charge in [0.15, 0.2) is 0 Å². The first-order chi connectivity index (χ1) is 7.34. The molecule has 0 amide bonds. The van der Waals surface area contributed by atoms with Gasteiger partial charge in [-0.15, -0.1) is 10.2 Å². The van der Waals surface area contributed by atoms with Gasteiger partial charge in [-0.2, -0.15) is 11.8 Å². The second kappa shape index (κ2) is 5.51. The second-order valence-corrected chi connectivity index (χ2v) is 5.29. The van der Waals surface area contributed by atoms with Crippen LogP contribution in [0.25, 0.3) is 0 Å². The van der Waals surface area contributed by atoms with Crippen molar-refractivity contribution in [1.29, 1.82) is 0 Å². The summed E-state index contributed by atoms with van der Waals surface area (Å²) in [7, 11) is 0. The van der Waals surface area contributed by atoms with Crippen LogP contribution in [0.2, 0.25) is 0 Å². The minimum absolute atomic E-state index is 0.490. The van der Waals surface area contributed by atoms with Gasteiger partial charge >= 0.3 is 0 Å². The van der Waals surface area contributed by atoms with Crippen molar-refractivity contribution in [3.05, 3.63) is 12.7 Å². The van der Waals surface area contributed by atoms with E-state index in [2.05, 4.69) is 34.2 Å². The van der Waals surface area contributed by atoms with Gasteiger partial charge < -0.3 is 9.88 Å². The van der Waals surface area contributed by atoms with Crippen LogP contribution >= 0.6 is 11.8 Å². The lowest BCUT2D eigenvalue weighted by molar-refractivity contribution is 0.406. The highest BCUT2D eigenvalue weighted by Gasteiger charge is 2.15. The minimum atomic E-state index is 0.490. The fourth-order valence-corrected chi connectivity index (χ4v) is 3.04. The molecule has 1 saturated heterocycles. The lowest BCUT2D eigenvalue weighted by atomic mass is 10.1.